The Hall–Kier alpha value is -0.830. The van der Waals surface area contributed by atoms with Crippen LogP contribution in [0, 0.1) is 13.8 Å². The smallest absolute Gasteiger partial charge is 0.0574 e. The van der Waals surface area contributed by atoms with Gasteiger partial charge in [0.05, 0.1) is 6.04 Å². The number of hydrogen-bond acceptors (Lipinski definition) is 1. The lowest BCUT2D eigenvalue weighted by Crippen LogP contribution is -2.17. The number of hydrogen-bond donors (Lipinski definition) is 1. The molecule has 19 heavy (non-hydrogen) atoms. The molecule has 0 heterocycles. The SMILES string of the molecule is CNC(c1ccc(Br)c(C)c1)c1ccc(C)c(Cl)c1. The van der Waals surface area contributed by atoms with Gasteiger partial charge in [-0.2, -0.15) is 0 Å². The van der Waals surface area contributed by atoms with E-state index < -0.39 is 0 Å². The topological polar surface area (TPSA) is 12.0 Å². The maximum absolute atomic E-state index is 6.22. The van der Waals surface area contributed by atoms with Gasteiger partial charge < -0.3 is 5.32 Å². The molecule has 100 valence electrons. The van der Waals surface area contributed by atoms with Crippen molar-refractivity contribution >= 4 is 27.5 Å². The van der Waals surface area contributed by atoms with E-state index >= 15 is 0 Å². The van der Waals surface area contributed by atoms with Crippen molar-refractivity contribution in [2.24, 2.45) is 0 Å². The second-order valence-corrected chi connectivity index (χ2v) is 6.00. The van der Waals surface area contributed by atoms with Crippen molar-refractivity contribution in [2.75, 3.05) is 7.05 Å². The Morgan fingerprint density at radius 2 is 1.63 bits per heavy atom. The molecule has 1 atom stereocenters. The molecule has 1 N–H and O–H groups in total. The van der Waals surface area contributed by atoms with Crippen LogP contribution in [-0.4, -0.2) is 7.05 Å². The van der Waals surface area contributed by atoms with E-state index in [2.05, 4.69) is 58.5 Å². The molecule has 0 aliphatic carbocycles. The number of benzene rings is 2. The van der Waals surface area contributed by atoms with Gasteiger partial charge in [0.2, 0.25) is 0 Å². The Morgan fingerprint density at radius 3 is 2.21 bits per heavy atom. The fourth-order valence-electron chi connectivity index (χ4n) is 2.16. The molecule has 0 aliphatic rings. The van der Waals surface area contributed by atoms with E-state index in [1.165, 1.54) is 16.7 Å². The fraction of sp³-hybridized carbons (Fsp3) is 0.250. The van der Waals surface area contributed by atoms with Crippen molar-refractivity contribution in [3.8, 4) is 0 Å². The average molecular weight is 339 g/mol. The van der Waals surface area contributed by atoms with E-state index in [0.717, 1.165) is 15.1 Å². The Kier molecular flexibility index (Phi) is 4.67. The summed E-state index contributed by atoms with van der Waals surface area (Å²) >= 11 is 9.76. The van der Waals surface area contributed by atoms with E-state index in [1.807, 2.05) is 20.0 Å². The lowest BCUT2D eigenvalue weighted by molar-refractivity contribution is 0.691. The van der Waals surface area contributed by atoms with E-state index in [4.69, 9.17) is 11.6 Å². The van der Waals surface area contributed by atoms with Crippen LogP contribution in [0.1, 0.15) is 28.3 Å². The van der Waals surface area contributed by atoms with Gasteiger partial charge in [0.15, 0.2) is 0 Å². The standard InChI is InChI=1S/C16H17BrClN/c1-10-4-5-13(9-15(10)18)16(19-3)12-6-7-14(17)11(2)8-12/h4-9,16,19H,1-3H3. The lowest BCUT2D eigenvalue weighted by atomic mass is 9.97. The number of nitrogens with one attached hydrogen (secondary N) is 1. The molecule has 0 fully saturated rings. The van der Waals surface area contributed by atoms with Crippen LogP contribution in [0.4, 0.5) is 0 Å². The van der Waals surface area contributed by atoms with Gasteiger partial charge in [0.1, 0.15) is 0 Å². The van der Waals surface area contributed by atoms with Crippen LogP contribution in [0.25, 0.3) is 0 Å². The van der Waals surface area contributed by atoms with Crippen LogP contribution in [-0.2, 0) is 0 Å². The predicted molar refractivity (Wildman–Crippen MR) is 86.0 cm³/mol. The predicted octanol–water partition coefficient (Wildman–Crippen LogP) is 5.03. The zero-order chi connectivity index (χ0) is 14.0. The zero-order valence-corrected chi connectivity index (χ0v) is 13.6. The molecule has 2 aromatic rings. The highest BCUT2D eigenvalue weighted by Crippen LogP contribution is 2.28. The molecule has 0 saturated carbocycles. The van der Waals surface area contributed by atoms with Gasteiger partial charge in [-0.3, -0.25) is 0 Å². The quantitative estimate of drug-likeness (QED) is 0.828. The first-order valence-electron chi connectivity index (χ1n) is 6.22. The van der Waals surface area contributed by atoms with Crippen molar-refractivity contribution in [3.05, 3.63) is 68.1 Å². The molecule has 0 aromatic heterocycles. The average Bonchev–Trinajstić information content (AvgIpc) is 2.39. The third kappa shape index (κ3) is 3.19. The highest BCUT2D eigenvalue weighted by atomic mass is 79.9. The Balaban J connectivity index is 2.43. The summed E-state index contributed by atoms with van der Waals surface area (Å²) in [5, 5.41) is 4.17. The van der Waals surface area contributed by atoms with Crippen LogP contribution in [0.3, 0.4) is 0 Å². The van der Waals surface area contributed by atoms with Crippen molar-refractivity contribution < 1.29 is 0 Å². The van der Waals surface area contributed by atoms with Crippen molar-refractivity contribution in [1.82, 2.24) is 5.32 Å². The highest BCUT2D eigenvalue weighted by Gasteiger charge is 2.13. The normalized spacial score (nSPS) is 12.5. The molecule has 0 bridgehead atoms. The highest BCUT2D eigenvalue weighted by molar-refractivity contribution is 9.10. The summed E-state index contributed by atoms with van der Waals surface area (Å²) in [5.41, 5.74) is 4.76. The van der Waals surface area contributed by atoms with Gasteiger partial charge in [-0.25, -0.2) is 0 Å². The summed E-state index contributed by atoms with van der Waals surface area (Å²) < 4.78 is 1.13. The summed E-state index contributed by atoms with van der Waals surface area (Å²) in [6.07, 6.45) is 0. The third-order valence-corrected chi connectivity index (χ3v) is 4.63. The minimum atomic E-state index is 0.157. The van der Waals surface area contributed by atoms with Gasteiger partial charge in [-0.1, -0.05) is 51.8 Å². The summed E-state index contributed by atoms with van der Waals surface area (Å²) in [6.45, 7) is 4.12. The van der Waals surface area contributed by atoms with Crippen molar-refractivity contribution in [1.29, 1.82) is 0 Å². The summed E-state index contributed by atoms with van der Waals surface area (Å²) in [7, 11) is 1.97. The molecule has 0 radical (unpaired) electrons. The first-order valence-corrected chi connectivity index (χ1v) is 7.39. The second-order valence-electron chi connectivity index (χ2n) is 4.74. The van der Waals surface area contributed by atoms with E-state index in [0.29, 0.717) is 0 Å². The van der Waals surface area contributed by atoms with Crippen molar-refractivity contribution in [3.63, 3.8) is 0 Å². The van der Waals surface area contributed by atoms with Crippen molar-refractivity contribution in [2.45, 2.75) is 19.9 Å². The molecular weight excluding hydrogens is 322 g/mol. The fourth-order valence-corrected chi connectivity index (χ4v) is 2.60. The first-order chi connectivity index (χ1) is 9.02. The van der Waals surface area contributed by atoms with Gasteiger partial charge in [0.25, 0.3) is 0 Å². The minimum absolute atomic E-state index is 0.157. The molecule has 0 spiro atoms. The van der Waals surface area contributed by atoms with E-state index in [1.54, 1.807) is 0 Å². The molecule has 1 unspecified atom stereocenters. The van der Waals surface area contributed by atoms with E-state index in [9.17, 15) is 0 Å². The molecule has 1 nitrogen and oxygen atoms in total. The monoisotopic (exact) mass is 337 g/mol. The molecule has 3 heteroatoms. The Labute approximate surface area is 128 Å². The Bertz CT molecular complexity index is 544. The number of rotatable bonds is 3. The lowest BCUT2D eigenvalue weighted by Gasteiger charge is -2.19. The maximum Gasteiger partial charge on any atom is 0.0574 e. The van der Waals surface area contributed by atoms with Gasteiger partial charge in [-0.15, -0.1) is 0 Å². The number of halogens is 2. The molecular formula is C16H17BrClN. The van der Waals surface area contributed by atoms with Crippen LogP contribution in [0.5, 0.6) is 0 Å². The zero-order valence-electron chi connectivity index (χ0n) is 11.3. The van der Waals surface area contributed by atoms with Gasteiger partial charge >= 0.3 is 0 Å². The third-order valence-electron chi connectivity index (χ3n) is 3.33. The van der Waals surface area contributed by atoms with Crippen LogP contribution < -0.4 is 5.32 Å². The number of aryl methyl sites for hydroxylation is 2. The maximum atomic E-state index is 6.22. The second kappa shape index (κ2) is 6.08. The minimum Gasteiger partial charge on any atom is -0.309 e. The molecule has 0 amide bonds. The summed E-state index contributed by atoms with van der Waals surface area (Å²) in [5.74, 6) is 0. The summed E-state index contributed by atoms with van der Waals surface area (Å²) in [6, 6.07) is 12.8. The van der Waals surface area contributed by atoms with E-state index in [-0.39, 0.29) is 6.04 Å². The van der Waals surface area contributed by atoms with Crippen LogP contribution in [0.2, 0.25) is 5.02 Å². The molecule has 2 aromatic carbocycles. The van der Waals surface area contributed by atoms with Crippen LogP contribution in [0.15, 0.2) is 40.9 Å². The van der Waals surface area contributed by atoms with Gasteiger partial charge in [-0.05, 0) is 55.3 Å². The molecule has 2 rings (SSSR count). The molecule has 0 aliphatic heterocycles. The molecule has 0 saturated heterocycles. The largest absolute Gasteiger partial charge is 0.309 e. The van der Waals surface area contributed by atoms with Gasteiger partial charge in [0, 0.05) is 9.50 Å². The Morgan fingerprint density at radius 1 is 1.00 bits per heavy atom. The summed E-state index contributed by atoms with van der Waals surface area (Å²) in [4.78, 5) is 0. The van der Waals surface area contributed by atoms with Crippen LogP contribution >= 0.6 is 27.5 Å². The first kappa shape index (κ1) is 14.6.